The lowest BCUT2D eigenvalue weighted by molar-refractivity contribution is -0.137. The molecule has 2 aromatic heterocycles. The largest absolute Gasteiger partial charge is 0.355 e. The Bertz CT molecular complexity index is 800. The predicted octanol–water partition coefficient (Wildman–Crippen LogP) is -0.462. The highest BCUT2D eigenvalue weighted by Gasteiger charge is 2.30. The SMILES string of the molecule is Cn1ncc2c(N3CCN(C(=O)C4CCC(=O)NC4)CC3)ncnc21. The fourth-order valence-electron chi connectivity index (χ4n) is 3.54. The molecule has 1 atom stereocenters. The Balaban J connectivity index is 1.42. The molecule has 0 aromatic carbocycles. The summed E-state index contributed by atoms with van der Waals surface area (Å²) in [4.78, 5) is 36.7. The molecule has 2 saturated heterocycles. The standard InChI is InChI=1S/C16H21N7O2/c1-21-14-12(9-20-21)15(19-10-18-14)22-4-6-23(7-5-22)16(25)11-2-3-13(24)17-8-11/h9-11H,2-8H2,1H3,(H,17,24). The Hall–Kier alpha value is -2.71. The molecule has 1 N–H and O–H groups in total. The minimum Gasteiger partial charge on any atom is -0.355 e. The molecule has 9 nitrogen and oxygen atoms in total. The first-order valence-electron chi connectivity index (χ1n) is 8.56. The van der Waals surface area contributed by atoms with Crippen LogP contribution >= 0.6 is 0 Å². The number of hydrogen-bond donors (Lipinski definition) is 1. The zero-order valence-corrected chi connectivity index (χ0v) is 14.2. The Morgan fingerprint density at radius 1 is 1.24 bits per heavy atom. The van der Waals surface area contributed by atoms with Gasteiger partial charge in [0.15, 0.2) is 5.65 Å². The average molecular weight is 343 g/mol. The number of fused-ring (bicyclic) bond motifs is 1. The van der Waals surface area contributed by atoms with Crippen LogP contribution < -0.4 is 10.2 Å². The van der Waals surface area contributed by atoms with Gasteiger partial charge in [0, 0.05) is 46.2 Å². The van der Waals surface area contributed by atoms with Gasteiger partial charge in [-0.2, -0.15) is 5.10 Å². The molecule has 0 saturated carbocycles. The van der Waals surface area contributed by atoms with E-state index in [1.165, 1.54) is 0 Å². The third-order valence-electron chi connectivity index (χ3n) is 5.01. The molecular formula is C16H21N7O2. The summed E-state index contributed by atoms with van der Waals surface area (Å²) in [6.07, 6.45) is 4.43. The van der Waals surface area contributed by atoms with Crippen molar-refractivity contribution in [3.8, 4) is 0 Å². The Kier molecular flexibility index (Phi) is 3.98. The smallest absolute Gasteiger partial charge is 0.227 e. The second-order valence-electron chi connectivity index (χ2n) is 6.55. The number of aryl methyl sites for hydroxylation is 1. The van der Waals surface area contributed by atoms with Crippen molar-refractivity contribution >= 4 is 28.7 Å². The van der Waals surface area contributed by atoms with Gasteiger partial charge in [-0.05, 0) is 6.42 Å². The van der Waals surface area contributed by atoms with Crippen LogP contribution in [0.4, 0.5) is 5.82 Å². The molecule has 132 valence electrons. The highest BCUT2D eigenvalue weighted by molar-refractivity contribution is 5.87. The lowest BCUT2D eigenvalue weighted by atomic mass is 9.97. The average Bonchev–Trinajstić information content (AvgIpc) is 3.03. The second-order valence-corrected chi connectivity index (χ2v) is 6.55. The molecule has 0 aliphatic carbocycles. The first-order valence-corrected chi connectivity index (χ1v) is 8.56. The minimum absolute atomic E-state index is 0.0399. The molecule has 2 aliphatic rings. The van der Waals surface area contributed by atoms with Crippen LogP contribution in [-0.2, 0) is 16.6 Å². The van der Waals surface area contributed by atoms with E-state index in [4.69, 9.17) is 0 Å². The molecule has 2 aliphatic heterocycles. The number of carbonyl (C=O) groups is 2. The summed E-state index contributed by atoms with van der Waals surface area (Å²) in [5.41, 5.74) is 0.807. The number of anilines is 1. The second kappa shape index (κ2) is 6.30. The molecule has 0 bridgehead atoms. The van der Waals surface area contributed by atoms with Gasteiger partial charge in [0.05, 0.1) is 17.5 Å². The van der Waals surface area contributed by atoms with Crippen molar-refractivity contribution in [2.45, 2.75) is 12.8 Å². The molecule has 2 aromatic rings. The van der Waals surface area contributed by atoms with E-state index in [2.05, 4.69) is 25.3 Å². The van der Waals surface area contributed by atoms with Crippen molar-refractivity contribution in [2.24, 2.45) is 13.0 Å². The number of hydrogen-bond acceptors (Lipinski definition) is 6. The van der Waals surface area contributed by atoms with Crippen molar-refractivity contribution < 1.29 is 9.59 Å². The van der Waals surface area contributed by atoms with E-state index < -0.39 is 0 Å². The number of piperidine rings is 1. The molecule has 2 amide bonds. The number of aromatic nitrogens is 4. The van der Waals surface area contributed by atoms with E-state index in [-0.39, 0.29) is 17.7 Å². The Morgan fingerprint density at radius 2 is 2.04 bits per heavy atom. The van der Waals surface area contributed by atoms with Gasteiger partial charge in [0.2, 0.25) is 11.8 Å². The summed E-state index contributed by atoms with van der Waals surface area (Å²) in [6, 6.07) is 0. The van der Waals surface area contributed by atoms with Gasteiger partial charge < -0.3 is 15.1 Å². The summed E-state index contributed by atoms with van der Waals surface area (Å²) in [5, 5.41) is 7.97. The quantitative estimate of drug-likeness (QED) is 0.793. The fraction of sp³-hybridized carbons (Fsp3) is 0.562. The highest BCUT2D eigenvalue weighted by atomic mass is 16.2. The summed E-state index contributed by atoms with van der Waals surface area (Å²) in [5.74, 6) is 0.968. The van der Waals surface area contributed by atoms with Gasteiger partial charge in [0.1, 0.15) is 12.1 Å². The van der Waals surface area contributed by atoms with Gasteiger partial charge in [-0.25, -0.2) is 9.97 Å². The third kappa shape index (κ3) is 2.90. The van der Waals surface area contributed by atoms with E-state index >= 15 is 0 Å². The highest BCUT2D eigenvalue weighted by Crippen LogP contribution is 2.24. The van der Waals surface area contributed by atoms with Gasteiger partial charge in [0.25, 0.3) is 0 Å². The predicted molar refractivity (Wildman–Crippen MR) is 90.8 cm³/mol. The van der Waals surface area contributed by atoms with Gasteiger partial charge in [-0.3, -0.25) is 14.3 Å². The number of nitrogens with zero attached hydrogens (tertiary/aromatic N) is 6. The van der Waals surface area contributed by atoms with Crippen LogP contribution in [0.1, 0.15) is 12.8 Å². The Labute approximate surface area is 145 Å². The maximum atomic E-state index is 12.6. The van der Waals surface area contributed by atoms with Crippen molar-refractivity contribution in [3.05, 3.63) is 12.5 Å². The van der Waals surface area contributed by atoms with Crippen LogP contribution in [0.3, 0.4) is 0 Å². The first-order chi connectivity index (χ1) is 12.1. The van der Waals surface area contributed by atoms with Crippen molar-refractivity contribution in [1.82, 2.24) is 30.0 Å². The summed E-state index contributed by atoms with van der Waals surface area (Å²) in [7, 11) is 1.86. The van der Waals surface area contributed by atoms with E-state index in [9.17, 15) is 9.59 Å². The minimum atomic E-state index is -0.0895. The molecule has 25 heavy (non-hydrogen) atoms. The van der Waals surface area contributed by atoms with Crippen LogP contribution in [0.5, 0.6) is 0 Å². The molecule has 0 radical (unpaired) electrons. The zero-order chi connectivity index (χ0) is 17.4. The maximum absolute atomic E-state index is 12.6. The van der Waals surface area contributed by atoms with Crippen LogP contribution in [0.15, 0.2) is 12.5 Å². The van der Waals surface area contributed by atoms with E-state index in [1.807, 2.05) is 11.9 Å². The van der Waals surface area contributed by atoms with Crippen molar-refractivity contribution in [2.75, 3.05) is 37.6 Å². The van der Waals surface area contributed by atoms with E-state index in [1.54, 1.807) is 17.2 Å². The lowest BCUT2D eigenvalue weighted by Crippen LogP contribution is -2.52. The summed E-state index contributed by atoms with van der Waals surface area (Å²) >= 11 is 0. The molecule has 1 unspecified atom stereocenters. The number of nitrogens with one attached hydrogen (secondary N) is 1. The first kappa shape index (κ1) is 15.8. The maximum Gasteiger partial charge on any atom is 0.227 e. The summed E-state index contributed by atoms with van der Waals surface area (Å²) < 4.78 is 1.73. The van der Waals surface area contributed by atoms with E-state index in [0.717, 1.165) is 29.9 Å². The fourth-order valence-corrected chi connectivity index (χ4v) is 3.54. The Morgan fingerprint density at radius 3 is 2.76 bits per heavy atom. The molecule has 4 heterocycles. The third-order valence-corrected chi connectivity index (χ3v) is 5.01. The molecule has 0 spiro atoms. The number of amides is 2. The summed E-state index contributed by atoms with van der Waals surface area (Å²) in [6.45, 7) is 3.24. The monoisotopic (exact) mass is 343 g/mol. The van der Waals surface area contributed by atoms with E-state index in [0.29, 0.717) is 32.5 Å². The molecule has 9 heteroatoms. The number of rotatable bonds is 2. The number of piperazine rings is 1. The van der Waals surface area contributed by atoms with Crippen LogP contribution in [0.25, 0.3) is 11.0 Å². The van der Waals surface area contributed by atoms with Crippen LogP contribution in [0.2, 0.25) is 0 Å². The lowest BCUT2D eigenvalue weighted by Gasteiger charge is -2.37. The number of carbonyl (C=O) groups excluding carboxylic acids is 2. The topological polar surface area (TPSA) is 96.2 Å². The normalized spacial score (nSPS) is 21.5. The zero-order valence-electron chi connectivity index (χ0n) is 14.2. The molecule has 2 fully saturated rings. The van der Waals surface area contributed by atoms with Crippen molar-refractivity contribution in [1.29, 1.82) is 0 Å². The van der Waals surface area contributed by atoms with Crippen LogP contribution in [0, 0.1) is 5.92 Å². The van der Waals surface area contributed by atoms with Crippen molar-refractivity contribution in [3.63, 3.8) is 0 Å². The van der Waals surface area contributed by atoms with Gasteiger partial charge >= 0.3 is 0 Å². The molecular weight excluding hydrogens is 322 g/mol. The van der Waals surface area contributed by atoms with Crippen LogP contribution in [-0.4, -0.2) is 69.2 Å². The van der Waals surface area contributed by atoms with Gasteiger partial charge in [-0.1, -0.05) is 0 Å². The van der Waals surface area contributed by atoms with Gasteiger partial charge in [-0.15, -0.1) is 0 Å². The molecule has 4 rings (SSSR count).